The quantitative estimate of drug-likeness (QED) is 0.243. The maximum Gasteiger partial charge on any atom is 0.434 e. The Morgan fingerprint density at radius 1 is 1.16 bits per heavy atom. The number of carboxylic acids is 1. The third-order valence-electron chi connectivity index (χ3n) is 7.10. The molecule has 0 unspecified atom stereocenters. The number of hydrogen-bond acceptors (Lipinski definition) is 8. The Balaban J connectivity index is 1.61. The minimum Gasteiger partial charge on any atom is -0.477 e. The Labute approximate surface area is 246 Å². The van der Waals surface area contributed by atoms with Crippen LogP contribution < -0.4 is 16.1 Å². The van der Waals surface area contributed by atoms with E-state index in [-0.39, 0.29) is 33.0 Å². The number of fused-ring (bicyclic) bond motifs is 1. The van der Waals surface area contributed by atoms with Crippen LogP contribution in [0.2, 0.25) is 0 Å². The van der Waals surface area contributed by atoms with E-state index in [0.29, 0.717) is 37.7 Å². The number of carbonyl (C=O) groups is 2. The van der Waals surface area contributed by atoms with Crippen molar-refractivity contribution in [2.24, 2.45) is 5.92 Å². The third kappa shape index (κ3) is 6.67. The highest BCUT2D eigenvalue weighted by Crippen LogP contribution is 2.38. The van der Waals surface area contributed by atoms with Crippen LogP contribution in [0.5, 0.6) is 0 Å². The molecule has 0 radical (unpaired) electrons. The normalized spacial score (nSPS) is 14.1. The van der Waals surface area contributed by atoms with Crippen LogP contribution in [-0.2, 0) is 17.5 Å². The van der Waals surface area contributed by atoms with Gasteiger partial charge in [-0.3, -0.25) is 15.1 Å². The highest BCUT2D eigenvalue weighted by atomic mass is 32.1. The van der Waals surface area contributed by atoms with E-state index in [1.165, 1.54) is 30.7 Å². The van der Waals surface area contributed by atoms with Gasteiger partial charge in [0, 0.05) is 55.2 Å². The molecule has 0 aliphatic carbocycles. The number of aromatic nitrogens is 4. The molecule has 0 saturated carbocycles. The largest absolute Gasteiger partial charge is 0.477 e. The minimum absolute atomic E-state index is 0.0151. The van der Waals surface area contributed by atoms with Gasteiger partial charge >= 0.3 is 18.2 Å². The predicted molar refractivity (Wildman–Crippen MR) is 153 cm³/mol. The van der Waals surface area contributed by atoms with Gasteiger partial charge in [0.05, 0.1) is 22.8 Å². The van der Waals surface area contributed by atoms with Gasteiger partial charge < -0.3 is 19.7 Å². The molecule has 4 aromatic rings. The van der Waals surface area contributed by atoms with E-state index in [9.17, 15) is 32.7 Å². The van der Waals surface area contributed by atoms with Crippen LogP contribution in [0, 0.1) is 5.92 Å². The summed E-state index contributed by atoms with van der Waals surface area (Å²) in [6, 6.07) is 2.22. The summed E-state index contributed by atoms with van der Waals surface area (Å²) in [6.07, 6.45) is 1.92. The molecule has 0 bridgehead atoms. The zero-order valence-corrected chi connectivity index (χ0v) is 23.7. The first-order valence-corrected chi connectivity index (χ1v) is 14.4. The summed E-state index contributed by atoms with van der Waals surface area (Å²) in [4.78, 5) is 49.8. The van der Waals surface area contributed by atoms with Crippen LogP contribution in [0.1, 0.15) is 42.2 Å². The zero-order chi connectivity index (χ0) is 30.7. The molecule has 1 saturated heterocycles. The van der Waals surface area contributed by atoms with Gasteiger partial charge in [-0.15, -0.1) is 11.3 Å². The summed E-state index contributed by atoms with van der Waals surface area (Å²) in [5.41, 5.74) is -1.21. The van der Waals surface area contributed by atoms with Crippen molar-refractivity contribution in [3.8, 4) is 21.8 Å². The van der Waals surface area contributed by atoms with Crippen LogP contribution in [-0.4, -0.2) is 56.4 Å². The molecule has 0 aromatic carbocycles. The van der Waals surface area contributed by atoms with Crippen LogP contribution >= 0.6 is 11.3 Å². The van der Waals surface area contributed by atoms with Crippen LogP contribution in [0.25, 0.3) is 32.7 Å². The van der Waals surface area contributed by atoms with Gasteiger partial charge in [0.25, 0.3) is 0 Å². The Hall–Kier alpha value is -4.37. The minimum atomic E-state index is -4.67. The Morgan fingerprint density at radius 2 is 1.93 bits per heavy atom. The SMILES string of the molecule is CCNC(=O)Nc1cc(-c2nc(C(F)(F)F)cs2)c(-c2cc3c(=O)c(C(=O)O)cn(CCC4CCOCC4)c3cn2)cn1. The second-order valence-corrected chi connectivity index (χ2v) is 10.8. The monoisotopic (exact) mass is 616 g/mol. The number of hydrogen-bond donors (Lipinski definition) is 3. The number of amides is 2. The van der Waals surface area contributed by atoms with Gasteiger partial charge in [0.2, 0.25) is 5.43 Å². The molecule has 4 aromatic heterocycles. The lowest BCUT2D eigenvalue weighted by molar-refractivity contribution is -0.140. The van der Waals surface area contributed by atoms with Crippen LogP contribution in [0.15, 0.2) is 40.9 Å². The molecule has 226 valence electrons. The number of thiazole rings is 1. The molecule has 1 fully saturated rings. The summed E-state index contributed by atoms with van der Waals surface area (Å²) in [7, 11) is 0. The topological polar surface area (TPSA) is 148 Å². The molecule has 2 amide bonds. The number of aryl methyl sites for hydroxylation is 1. The summed E-state index contributed by atoms with van der Waals surface area (Å²) in [5.74, 6) is -0.933. The Bertz CT molecular complexity index is 1730. The fourth-order valence-corrected chi connectivity index (χ4v) is 5.74. The molecule has 5 heterocycles. The van der Waals surface area contributed by atoms with Gasteiger partial charge in [0.1, 0.15) is 16.4 Å². The van der Waals surface area contributed by atoms with Gasteiger partial charge in [0.15, 0.2) is 5.69 Å². The molecule has 1 aliphatic heterocycles. The van der Waals surface area contributed by atoms with Crippen molar-refractivity contribution in [3.05, 3.63) is 57.6 Å². The number of rotatable bonds is 8. The highest BCUT2D eigenvalue weighted by molar-refractivity contribution is 7.13. The van der Waals surface area contributed by atoms with E-state index in [1.807, 2.05) is 0 Å². The number of carboxylic acid groups (broad SMARTS) is 1. The Kier molecular flexibility index (Phi) is 8.73. The second kappa shape index (κ2) is 12.5. The number of alkyl halides is 3. The molecular weight excluding hydrogens is 589 g/mol. The predicted octanol–water partition coefficient (Wildman–Crippen LogP) is 5.26. The average molecular weight is 617 g/mol. The molecule has 11 nitrogen and oxygen atoms in total. The molecular formula is C28H27F3N6O5S. The number of anilines is 1. The fourth-order valence-electron chi connectivity index (χ4n) is 4.88. The number of carbonyl (C=O) groups excluding carboxylic acids is 1. The van der Waals surface area contributed by atoms with Crippen molar-refractivity contribution < 1.29 is 32.6 Å². The van der Waals surface area contributed by atoms with Gasteiger partial charge in [-0.2, -0.15) is 13.2 Å². The fraction of sp³-hybridized carbons (Fsp3) is 0.357. The van der Waals surface area contributed by atoms with E-state index in [2.05, 4.69) is 25.6 Å². The zero-order valence-electron chi connectivity index (χ0n) is 22.9. The lowest BCUT2D eigenvalue weighted by Gasteiger charge is -2.23. The number of nitrogens with one attached hydrogen (secondary N) is 2. The lowest BCUT2D eigenvalue weighted by Crippen LogP contribution is -2.28. The lowest BCUT2D eigenvalue weighted by atomic mass is 9.96. The van der Waals surface area contributed by atoms with Crippen molar-refractivity contribution in [2.45, 2.75) is 38.9 Å². The highest BCUT2D eigenvalue weighted by Gasteiger charge is 2.34. The molecule has 5 rings (SSSR count). The second-order valence-electron chi connectivity index (χ2n) is 9.94. The van der Waals surface area contributed by atoms with Gasteiger partial charge in [-0.05, 0) is 44.2 Å². The molecule has 0 atom stereocenters. The summed E-state index contributed by atoms with van der Waals surface area (Å²) in [5, 5.41) is 15.8. The average Bonchev–Trinajstić information content (AvgIpc) is 3.49. The van der Waals surface area contributed by atoms with Crippen molar-refractivity contribution in [3.63, 3.8) is 0 Å². The maximum atomic E-state index is 13.4. The summed E-state index contributed by atoms with van der Waals surface area (Å²) >= 11 is 0.744. The van der Waals surface area contributed by atoms with E-state index in [0.717, 1.165) is 36.0 Å². The van der Waals surface area contributed by atoms with Crippen molar-refractivity contribution >= 4 is 40.1 Å². The standard InChI is InChI=1S/C28H27F3N6O5S/c1-2-32-27(41)36-23-10-16(25-35-22(14-43-25)28(29,30)31)18(11-34-23)20-9-17-21(12-33-20)37(13-19(24(17)38)26(39)40)6-3-15-4-7-42-8-5-15/h9-15H,2-8H2,1H3,(H,39,40)(H2,32,34,36,41). The molecule has 1 aliphatic rings. The summed E-state index contributed by atoms with van der Waals surface area (Å²) < 4.78 is 47.3. The summed E-state index contributed by atoms with van der Waals surface area (Å²) in [6.45, 7) is 3.84. The van der Waals surface area contributed by atoms with E-state index >= 15 is 0 Å². The first kappa shape index (κ1) is 30.1. The number of pyridine rings is 3. The van der Waals surface area contributed by atoms with Crippen molar-refractivity contribution in [2.75, 3.05) is 25.1 Å². The number of ether oxygens (including phenoxy) is 1. The third-order valence-corrected chi connectivity index (χ3v) is 7.98. The first-order valence-electron chi connectivity index (χ1n) is 13.5. The number of halogens is 3. The first-order chi connectivity index (χ1) is 20.5. The Morgan fingerprint density at radius 3 is 2.60 bits per heavy atom. The molecule has 3 N–H and O–H groups in total. The molecule has 43 heavy (non-hydrogen) atoms. The van der Waals surface area contributed by atoms with E-state index < -0.39 is 34.9 Å². The molecule has 0 spiro atoms. The van der Waals surface area contributed by atoms with Crippen molar-refractivity contribution in [1.29, 1.82) is 0 Å². The van der Waals surface area contributed by atoms with E-state index in [4.69, 9.17) is 4.74 Å². The number of urea groups is 1. The van der Waals surface area contributed by atoms with Gasteiger partial charge in [-0.25, -0.2) is 19.6 Å². The van der Waals surface area contributed by atoms with E-state index in [1.54, 1.807) is 11.5 Å². The number of aromatic carboxylic acids is 1. The van der Waals surface area contributed by atoms with Crippen LogP contribution in [0.3, 0.4) is 0 Å². The van der Waals surface area contributed by atoms with Crippen LogP contribution in [0.4, 0.5) is 23.8 Å². The van der Waals surface area contributed by atoms with Gasteiger partial charge in [-0.1, -0.05) is 0 Å². The number of nitrogens with zero attached hydrogens (tertiary/aromatic N) is 4. The molecule has 15 heteroatoms. The smallest absolute Gasteiger partial charge is 0.434 e. The van der Waals surface area contributed by atoms with Crippen molar-refractivity contribution in [1.82, 2.24) is 24.8 Å². The maximum absolute atomic E-state index is 13.4.